The molecule has 0 aliphatic rings. The van der Waals surface area contributed by atoms with Gasteiger partial charge in [-0.2, -0.15) is 0 Å². The Morgan fingerprint density at radius 3 is 3.00 bits per heavy atom. The van der Waals surface area contributed by atoms with Gasteiger partial charge in [0.1, 0.15) is 6.33 Å². The third kappa shape index (κ3) is 0.848. The Morgan fingerprint density at radius 2 is 2.27 bits per heavy atom. The van der Waals surface area contributed by atoms with Crippen molar-refractivity contribution in [2.24, 2.45) is 7.05 Å². The molecule has 0 saturated heterocycles. The molecule has 11 heavy (non-hydrogen) atoms. The summed E-state index contributed by atoms with van der Waals surface area (Å²) in [6, 6.07) is 0. The van der Waals surface area contributed by atoms with Crippen molar-refractivity contribution in [3.8, 4) is 0 Å². The molecular weight excluding hydrogens is 166 g/mol. The molecule has 0 N–H and O–H groups in total. The molecule has 0 fully saturated rings. The molecule has 0 amide bonds. The maximum atomic E-state index is 5.70. The molecule has 5 nitrogen and oxygen atoms in total. The fourth-order valence-electron chi connectivity index (χ4n) is 0.826. The van der Waals surface area contributed by atoms with E-state index in [1.807, 2.05) is 0 Å². The van der Waals surface area contributed by atoms with Crippen LogP contribution in [0.15, 0.2) is 6.33 Å². The number of rotatable bonds is 0. The van der Waals surface area contributed by atoms with Crippen LogP contribution >= 0.6 is 11.6 Å². The number of aryl methyl sites for hydroxylation is 1. The molecule has 0 aromatic carbocycles. The first-order valence-electron chi connectivity index (χ1n) is 2.95. The highest BCUT2D eigenvalue weighted by atomic mass is 35.5. The smallest absolute Gasteiger partial charge is 0.182 e. The number of halogens is 1. The molecule has 2 heterocycles. The van der Waals surface area contributed by atoms with Crippen molar-refractivity contribution in [2.75, 3.05) is 0 Å². The predicted molar refractivity (Wildman–Crippen MR) is 39.1 cm³/mol. The summed E-state index contributed by atoms with van der Waals surface area (Å²) < 4.78 is 1.54. The van der Waals surface area contributed by atoms with Crippen molar-refractivity contribution >= 4 is 22.8 Å². The molecular formula is C5H4ClN5. The Hall–Kier alpha value is -1.23. The van der Waals surface area contributed by atoms with Gasteiger partial charge >= 0.3 is 0 Å². The highest BCUT2D eigenvalue weighted by Crippen LogP contribution is 2.13. The molecule has 0 saturated carbocycles. The van der Waals surface area contributed by atoms with Gasteiger partial charge in [-0.15, -0.1) is 5.10 Å². The van der Waals surface area contributed by atoms with Crippen LogP contribution in [0.25, 0.3) is 11.2 Å². The highest BCUT2D eigenvalue weighted by Gasteiger charge is 2.05. The van der Waals surface area contributed by atoms with Crippen LogP contribution in [0.4, 0.5) is 0 Å². The Balaban J connectivity index is 2.94. The summed E-state index contributed by atoms with van der Waals surface area (Å²) in [5.41, 5.74) is 1.18. The Morgan fingerprint density at radius 1 is 1.45 bits per heavy atom. The third-order valence-electron chi connectivity index (χ3n) is 1.34. The van der Waals surface area contributed by atoms with Crippen LogP contribution in [0.2, 0.25) is 5.15 Å². The number of nitrogens with zero attached hydrogens (tertiary/aromatic N) is 5. The zero-order valence-electron chi connectivity index (χ0n) is 5.69. The lowest BCUT2D eigenvalue weighted by Gasteiger charge is -1.89. The van der Waals surface area contributed by atoms with Gasteiger partial charge in [0, 0.05) is 7.05 Å². The second-order valence-corrected chi connectivity index (χ2v) is 2.41. The average molecular weight is 170 g/mol. The van der Waals surface area contributed by atoms with Gasteiger partial charge in [0.25, 0.3) is 0 Å². The van der Waals surface area contributed by atoms with Crippen molar-refractivity contribution < 1.29 is 0 Å². The normalized spacial score (nSPS) is 10.7. The summed E-state index contributed by atoms with van der Waals surface area (Å²) in [4.78, 5) is 7.70. The van der Waals surface area contributed by atoms with Crippen LogP contribution < -0.4 is 0 Å². The van der Waals surface area contributed by atoms with E-state index < -0.39 is 0 Å². The number of fused-ring (bicyclic) bond motifs is 1. The van der Waals surface area contributed by atoms with Gasteiger partial charge in [0.2, 0.25) is 0 Å². The van der Waals surface area contributed by atoms with Crippen molar-refractivity contribution in [1.29, 1.82) is 0 Å². The largest absolute Gasteiger partial charge is 0.230 e. The standard InChI is InChI=1S/C5H4ClN5/c1-11-5-3(9-10-11)4(6)7-2-8-5/h2H,1H3. The second kappa shape index (κ2) is 2.13. The van der Waals surface area contributed by atoms with Crippen LogP contribution in [-0.2, 0) is 7.05 Å². The van der Waals surface area contributed by atoms with Crippen molar-refractivity contribution in [1.82, 2.24) is 25.0 Å². The van der Waals surface area contributed by atoms with Crippen LogP contribution in [0.1, 0.15) is 0 Å². The minimum absolute atomic E-state index is 0.336. The number of hydrogen-bond donors (Lipinski definition) is 0. The molecule has 2 aromatic heterocycles. The Labute approximate surface area is 67.0 Å². The van der Waals surface area contributed by atoms with Gasteiger partial charge in [0.05, 0.1) is 0 Å². The first-order chi connectivity index (χ1) is 5.29. The molecule has 0 aliphatic carbocycles. The van der Waals surface area contributed by atoms with E-state index in [0.29, 0.717) is 16.3 Å². The van der Waals surface area contributed by atoms with E-state index in [-0.39, 0.29) is 0 Å². The average Bonchev–Trinajstić information content (AvgIpc) is 2.35. The van der Waals surface area contributed by atoms with Crippen molar-refractivity contribution in [2.45, 2.75) is 0 Å². The summed E-state index contributed by atoms with van der Waals surface area (Å²) in [6.45, 7) is 0. The van der Waals surface area contributed by atoms with Gasteiger partial charge in [0.15, 0.2) is 16.3 Å². The molecule has 2 rings (SSSR count). The molecule has 0 atom stereocenters. The highest BCUT2D eigenvalue weighted by molar-refractivity contribution is 6.33. The summed E-state index contributed by atoms with van der Waals surface area (Å²) in [6.07, 6.45) is 1.38. The van der Waals surface area contributed by atoms with E-state index in [0.717, 1.165) is 0 Å². The van der Waals surface area contributed by atoms with E-state index >= 15 is 0 Å². The molecule has 0 bridgehead atoms. The quantitative estimate of drug-likeness (QED) is 0.536. The van der Waals surface area contributed by atoms with E-state index in [1.165, 1.54) is 6.33 Å². The summed E-state index contributed by atoms with van der Waals surface area (Å²) in [5.74, 6) is 0. The lowest BCUT2D eigenvalue weighted by Crippen LogP contribution is -1.91. The Bertz CT molecular complexity index is 395. The minimum Gasteiger partial charge on any atom is -0.230 e. The second-order valence-electron chi connectivity index (χ2n) is 2.05. The first-order valence-corrected chi connectivity index (χ1v) is 3.32. The molecule has 0 radical (unpaired) electrons. The number of hydrogen-bond acceptors (Lipinski definition) is 4. The molecule has 0 spiro atoms. The molecule has 0 aliphatic heterocycles. The SMILES string of the molecule is Cn1nnc2c(Cl)ncnc21. The van der Waals surface area contributed by atoms with E-state index in [9.17, 15) is 0 Å². The molecule has 6 heteroatoms. The maximum absolute atomic E-state index is 5.70. The van der Waals surface area contributed by atoms with Gasteiger partial charge in [-0.3, -0.25) is 0 Å². The van der Waals surface area contributed by atoms with Gasteiger partial charge in [-0.25, -0.2) is 14.6 Å². The molecule has 0 unspecified atom stereocenters. The summed E-state index contributed by atoms with van der Waals surface area (Å²) in [5, 5.41) is 7.85. The fraction of sp³-hybridized carbons (Fsp3) is 0.200. The minimum atomic E-state index is 0.336. The lowest BCUT2D eigenvalue weighted by atomic mass is 10.6. The lowest BCUT2D eigenvalue weighted by molar-refractivity contribution is 0.729. The van der Waals surface area contributed by atoms with Crippen LogP contribution in [-0.4, -0.2) is 25.0 Å². The molecule has 56 valence electrons. The van der Waals surface area contributed by atoms with E-state index in [2.05, 4.69) is 20.3 Å². The number of aromatic nitrogens is 5. The van der Waals surface area contributed by atoms with E-state index in [1.54, 1.807) is 11.7 Å². The monoisotopic (exact) mass is 169 g/mol. The summed E-state index contributed by atoms with van der Waals surface area (Å²) in [7, 11) is 1.75. The van der Waals surface area contributed by atoms with Gasteiger partial charge < -0.3 is 0 Å². The van der Waals surface area contributed by atoms with E-state index in [4.69, 9.17) is 11.6 Å². The zero-order valence-corrected chi connectivity index (χ0v) is 6.45. The maximum Gasteiger partial charge on any atom is 0.182 e. The van der Waals surface area contributed by atoms with Gasteiger partial charge in [-0.05, 0) is 0 Å². The van der Waals surface area contributed by atoms with Crippen LogP contribution in [0.3, 0.4) is 0 Å². The van der Waals surface area contributed by atoms with Crippen LogP contribution in [0.5, 0.6) is 0 Å². The topological polar surface area (TPSA) is 56.5 Å². The van der Waals surface area contributed by atoms with Crippen molar-refractivity contribution in [3.63, 3.8) is 0 Å². The predicted octanol–water partition coefficient (Wildman–Crippen LogP) is 0.412. The van der Waals surface area contributed by atoms with Crippen LogP contribution in [0, 0.1) is 0 Å². The molecule has 2 aromatic rings. The fourth-order valence-corrected chi connectivity index (χ4v) is 0.992. The van der Waals surface area contributed by atoms with Gasteiger partial charge in [-0.1, -0.05) is 16.8 Å². The third-order valence-corrected chi connectivity index (χ3v) is 1.62. The summed E-state index contributed by atoms with van der Waals surface area (Å²) >= 11 is 5.70. The van der Waals surface area contributed by atoms with Crippen molar-refractivity contribution in [3.05, 3.63) is 11.5 Å². The Kier molecular flexibility index (Phi) is 1.25. The zero-order chi connectivity index (χ0) is 7.84. The first kappa shape index (κ1) is 6.48.